The van der Waals surface area contributed by atoms with Crippen LogP contribution in [0.5, 0.6) is 0 Å². The Morgan fingerprint density at radius 2 is 1.63 bits per heavy atom. The highest BCUT2D eigenvalue weighted by atomic mass is 32.2. The Balaban J connectivity index is 1.45. The van der Waals surface area contributed by atoms with Gasteiger partial charge < -0.3 is 4.90 Å². The lowest BCUT2D eigenvalue weighted by Crippen LogP contribution is -2.39. The van der Waals surface area contributed by atoms with E-state index in [1.54, 1.807) is 11.8 Å². The van der Waals surface area contributed by atoms with Crippen LogP contribution in [0.1, 0.15) is 45.6 Å². The molecule has 0 amide bonds. The van der Waals surface area contributed by atoms with Gasteiger partial charge in [0, 0.05) is 18.7 Å². The van der Waals surface area contributed by atoms with Crippen LogP contribution in [0.4, 0.5) is 0 Å². The lowest BCUT2D eigenvalue weighted by Gasteiger charge is -2.32. The molecule has 0 saturated carbocycles. The van der Waals surface area contributed by atoms with E-state index < -0.39 is 0 Å². The largest absolute Gasteiger partial charge is 0.302 e. The third-order valence-corrected chi connectivity index (χ3v) is 6.68. The van der Waals surface area contributed by atoms with Gasteiger partial charge in [0.25, 0.3) is 0 Å². The maximum Gasteiger partial charge on any atom is 0.193 e. The summed E-state index contributed by atoms with van der Waals surface area (Å²) in [5.74, 6) is 2.00. The summed E-state index contributed by atoms with van der Waals surface area (Å²) in [4.78, 5) is 5.13. The summed E-state index contributed by atoms with van der Waals surface area (Å²) in [6.45, 7) is 12.5. The summed E-state index contributed by atoms with van der Waals surface area (Å²) in [7, 11) is 0. The molecule has 2 aliphatic heterocycles. The fourth-order valence-corrected chi connectivity index (χ4v) is 4.75. The van der Waals surface area contributed by atoms with Gasteiger partial charge in [0.2, 0.25) is 0 Å². The van der Waals surface area contributed by atoms with Gasteiger partial charge in [0.1, 0.15) is 0 Å². The Morgan fingerprint density at radius 3 is 2.33 bits per heavy atom. The lowest BCUT2D eigenvalue weighted by molar-refractivity contribution is 0.169. The molecule has 1 aromatic heterocycles. The molecule has 0 atom stereocenters. The number of piperidine rings is 1. The van der Waals surface area contributed by atoms with E-state index in [9.17, 15) is 0 Å². The molecule has 6 heteroatoms. The molecule has 0 N–H and O–H groups in total. The third-order valence-electron chi connectivity index (χ3n) is 5.62. The molecular weight excluding hydrogens is 354 g/mol. The number of nitrogens with zero attached hydrogens (tertiary/aromatic N) is 5. The van der Waals surface area contributed by atoms with Crippen molar-refractivity contribution >= 4 is 11.8 Å². The van der Waals surface area contributed by atoms with E-state index >= 15 is 0 Å². The summed E-state index contributed by atoms with van der Waals surface area (Å²) >= 11 is 1.80. The minimum absolute atomic E-state index is 0.171. The van der Waals surface area contributed by atoms with Crippen molar-refractivity contribution in [3.63, 3.8) is 0 Å². The minimum atomic E-state index is 0.171. The quantitative estimate of drug-likeness (QED) is 0.794. The first-order valence-corrected chi connectivity index (χ1v) is 11.1. The fourth-order valence-electron chi connectivity index (χ4n) is 3.85. The van der Waals surface area contributed by atoms with Crippen LogP contribution in [0.2, 0.25) is 0 Å². The number of likely N-dealkylation sites (tertiary alicyclic amines) is 1. The molecule has 27 heavy (non-hydrogen) atoms. The first-order chi connectivity index (χ1) is 13.0. The van der Waals surface area contributed by atoms with Crippen LogP contribution < -0.4 is 0 Å². The first kappa shape index (κ1) is 19.0. The molecular formula is C21H31N5S. The Bertz CT molecular complexity index is 756. The van der Waals surface area contributed by atoms with E-state index in [1.807, 2.05) is 0 Å². The summed E-state index contributed by atoms with van der Waals surface area (Å²) in [6.07, 6.45) is 4.12. The van der Waals surface area contributed by atoms with Gasteiger partial charge >= 0.3 is 0 Å². The van der Waals surface area contributed by atoms with Gasteiger partial charge in [0.15, 0.2) is 11.0 Å². The maximum absolute atomic E-state index is 4.50. The molecule has 0 radical (unpaired) electrons. The van der Waals surface area contributed by atoms with Crippen molar-refractivity contribution in [3.05, 3.63) is 29.8 Å². The molecule has 5 nitrogen and oxygen atoms in total. The van der Waals surface area contributed by atoms with Crippen LogP contribution >= 0.6 is 11.8 Å². The predicted molar refractivity (Wildman–Crippen MR) is 112 cm³/mol. The highest BCUT2D eigenvalue weighted by Crippen LogP contribution is 2.30. The van der Waals surface area contributed by atoms with Crippen LogP contribution in [0.25, 0.3) is 11.4 Å². The lowest BCUT2D eigenvalue weighted by atomic mass is 9.87. The second-order valence-corrected chi connectivity index (χ2v) is 9.69. The maximum atomic E-state index is 4.50. The molecule has 0 unspecified atom stereocenters. The second kappa shape index (κ2) is 7.94. The van der Waals surface area contributed by atoms with Gasteiger partial charge in [-0.15, -0.1) is 10.2 Å². The first-order valence-electron chi connectivity index (χ1n) is 10.1. The molecule has 1 fully saturated rings. The van der Waals surface area contributed by atoms with Crippen molar-refractivity contribution in [3.8, 4) is 11.4 Å². The average molecular weight is 386 g/mol. The summed E-state index contributed by atoms with van der Waals surface area (Å²) < 4.78 is 2.27. The summed E-state index contributed by atoms with van der Waals surface area (Å²) in [5, 5.41) is 9.97. The van der Waals surface area contributed by atoms with E-state index in [2.05, 4.69) is 69.6 Å². The molecule has 146 valence electrons. The molecule has 3 heterocycles. The van der Waals surface area contributed by atoms with Gasteiger partial charge in [-0.1, -0.05) is 63.2 Å². The SMILES string of the molecule is CC(C)(C)c1ccc(-c2nnc3n2CN(CCN2CCCCC2)CS3)cc1. The second-order valence-electron chi connectivity index (χ2n) is 8.77. The molecule has 1 aromatic carbocycles. The number of benzene rings is 1. The number of hydrogen-bond donors (Lipinski definition) is 0. The van der Waals surface area contributed by atoms with E-state index in [4.69, 9.17) is 0 Å². The zero-order chi connectivity index (χ0) is 18.9. The van der Waals surface area contributed by atoms with Crippen molar-refractivity contribution in [1.82, 2.24) is 24.6 Å². The van der Waals surface area contributed by atoms with Crippen molar-refractivity contribution in [2.75, 3.05) is 32.1 Å². The molecule has 0 bridgehead atoms. The topological polar surface area (TPSA) is 37.2 Å². The van der Waals surface area contributed by atoms with Gasteiger partial charge in [-0.25, -0.2) is 0 Å². The van der Waals surface area contributed by atoms with Gasteiger partial charge in [-0.3, -0.25) is 9.47 Å². The molecule has 2 aliphatic rings. The molecule has 0 aliphatic carbocycles. The fraction of sp³-hybridized carbons (Fsp3) is 0.619. The highest BCUT2D eigenvalue weighted by Gasteiger charge is 2.23. The van der Waals surface area contributed by atoms with Crippen molar-refractivity contribution in [2.24, 2.45) is 0 Å². The summed E-state index contributed by atoms with van der Waals surface area (Å²) in [6, 6.07) is 8.83. The zero-order valence-corrected chi connectivity index (χ0v) is 17.6. The van der Waals surface area contributed by atoms with Crippen molar-refractivity contribution in [1.29, 1.82) is 0 Å². The van der Waals surface area contributed by atoms with E-state index in [1.165, 1.54) is 44.5 Å². The van der Waals surface area contributed by atoms with Crippen LogP contribution in [0.15, 0.2) is 29.4 Å². The smallest absolute Gasteiger partial charge is 0.193 e. The number of thioether (sulfide) groups is 1. The van der Waals surface area contributed by atoms with Crippen molar-refractivity contribution < 1.29 is 0 Å². The number of aromatic nitrogens is 3. The normalized spacial score (nSPS) is 19.2. The van der Waals surface area contributed by atoms with Gasteiger partial charge in [-0.05, 0) is 36.9 Å². The Kier molecular flexibility index (Phi) is 5.58. The van der Waals surface area contributed by atoms with Crippen molar-refractivity contribution in [2.45, 2.75) is 57.3 Å². The van der Waals surface area contributed by atoms with E-state index in [0.29, 0.717) is 0 Å². The van der Waals surface area contributed by atoms with Crippen LogP contribution in [-0.4, -0.2) is 56.6 Å². The molecule has 2 aromatic rings. The standard InChI is InChI=1S/C21H31N5S/c1-21(2,3)18-9-7-17(8-10-18)19-22-23-20-26(19)15-25(16-27-20)14-13-24-11-5-4-6-12-24/h7-10H,4-6,11-16H2,1-3H3. The van der Waals surface area contributed by atoms with E-state index in [0.717, 1.165) is 35.6 Å². The van der Waals surface area contributed by atoms with Crippen LogP contribution in [0, 0.1) is 0 Å². The van der Waals surface area contributed by atoms with Gasteiger partial charge in [0.05, 0.1) is 12.5 Å². The summed E-state index contributed by atoms with van der Waals surface area (Å²) in [5.41, 5.74) is 2.67. The monoisotopic (exact) mass is 385 g/mol. The minimum Gasteiger partial charge on any atom is -0.302 e. The highest BCUT2D eigenvalue weighted by molar-refractivity contribution is 7.99. The van der Waals surface area contributed by atoms with Crippen LogP contribution in [0.3, 0.4) is 0 Å². The molecule has 1 saturated heterocycles. The predicted octanol–water partition coefficient (Wildman–Crippen LogP) is 4.05. The van der Waals surface area contributed by atoms with Gasteiger partial charge in [-0.2, -0.15) is 0 Å². The Hall–Kier alpha value is -1.37. The van der Waals surface area contributed by atoms with Crippen LogP contribution in [-0.2, 0) is 12.1 Å². The average Bonchev–Trinajstić information content (AvgIpc) is 3.10. The Morgan fingerprint density at radius 1 is 0.926 bits per heavy atom. The molecule has 0 spiro atoms. The molecule has 4 rings (SSSR count). The number of hydrogen-bond acceptors (Lipinski definition) is 5. The van der Waals surface area contributed by atoms with E-state index in [-0.39, 0.29) is 5.41 Å². The Labute approximate surface area is 167 Å². The number of fused-ring (bicyclic) bond motifs is 1. The zero-order valence-electron chi connectivity index (χ0n) is 16.8. The third kappa shape index (κ3) is 4.39. The number of rotatable bonds is 4.